The third kappa shape index (κ3) is 5.81. The second-order valence-electron chi connectivity index (χ2n) is 11.4. The summed E-state index contributed by atoms with van der Waals surface area (Å²) in [5, 5.41) is 3.70. The Hall–Kier alpha value is -2.72. The summed E-state index contributed by atoms with van der Waals surface area (Å²) in [7, 11) is 2.22. The number of nitrogens with zero attached hydrogens (tertiary/aromatic N) is 2. The maximum atomic E-state index is 16.2. The molecular weight excluding hydrogens is 445 g/mol. The number of benzene rings is 1. The van der Waals surface area contributed by atoms with Crippen LogP contribution in [0.3, 0.4) is 0 Å². The second kappa shape index (κ2) is 11.1. The van der Waals surface area contributed by atoms with Crippen LogP contribution in [-0.4, -0.2) is 29.5 Å². The Morgan fingerprint density at radius 2 is 2.19 bits per heavy atom. The molecule has 1 saturated heterocycles. The fourth-order valence-electron chi connectivity index (χ4n) is 5.88. The maximum absolute atomic E-state index is 16.2. The molecule has 1 fully saturated rings. The fourth-order valence-corrected chi connectivity index (χ4v) is 5.88. The smallest absolute Gasteiger partial charge is 0.136 e. The van der Waals surface area contributed by atoms with Gasteiger partial charge in [0.05, 0.1) is 5.52 Å². The monoisotopic (exact) mass is 487 g/mol. The Morgan fingerprint density at radius 3 is 2.94 bits per heavy atom. The Morgan fingerprint density at radius 1 is 1.39 bits per heavy atom. The van der Waals surface area contributed by atoms with E-state index in [4.69, 9.17) is 0 Å². The van der Waals surface area contributed by atoms with Gasteiger partial charge in [0.1, 0.15) is 5.82 Å². The van der Waals surface area contributed by atoms with E-state index in [-0.39, 0.29) is 17.2 Å². The Labute approximate surface area is 216 Å². The summed E-state index contributed by atoms with van der Waals surface area (Å²) >= 11 is 0. The number of fused-ring (bicyclic) bond motifs is 1. The van der Waals surface area contributed by atoms with Crippen LogP contribution >= 0.6 is 0 Å². The van der Waals surface area contributed by atoms with Crippen molar-refractivity contribution in [3.63, 3.8) is 0 Å². The molecule has 1 N–H and O–H groups in total. The fraction of sp³-hybridized carbons (Fsp3) is 0.469. The average molecular weight is 488 g/mol. The molecule has 0 bridgehead atoms. The van der Waals surface area contributed by atoms with Crippen LogP contribution in [0.15, 0.2) is 73.3 Å². The first-order chi connectivity index (χ1) is 17.2. The van der Waals surface area contributed by atoms with Crippen LogP contribution in [0.1, 0.15) is 76.3 Å². The lowest BCUT2D eigenvalue weighted by Crippen LogP contribution is -2.46. The van der Waals surface area contributed by atoms with Crippen molar-refractivity contribution in [2.24, 2.45) is 5.92 Å². The van der Waals surface area contributed by atoms with Crippen molar-refractivity contribution < 1.29 is 4.39 Å². The van der Waals surface area contributed by atoms with Crippen molar-refractivity contribution in [2.45, 2.75) is 76.7 Å². The molecule has 4 atom stereocenters. The summed E-state index contributed by atoms with van der Waals surface area (Å²) < 4.78 is 16.2. The van der Waals surface area contributed by atoms with Gasteiger partial charge in [-0.05, 0) is 98.8 Å². The third-order valence-corrected chi connectivity index (χ3v) is 8.36. The minimum Gasteiger partial charge on any atom is -0.366 e. The summed E-state index contributed by atoms with van der Waals surface area (Å²) in [5.41, 5.74) is 4.80. The number of hydrogen-bond donors (Lipinski definition) is 1. The first kappa shape index (κ1) is 26.3. The Kier molecular flexibility index (Phi) is 8.14. The van der Waals surface area contributed by atoms with Crippen LogP contribution in [0.25, 0.3) is 10.9 Å². The molecule has 4 unspecified atom stereocenters. The maximum Gasteiger partial charge on any atom is 0.136 e. The quantitative estimate of drug-likeness (QED) is 0.392. The molecule has 2 aromatic rings. The largest absolute Gasteiger partial charge is 0.366 e. The summed E-state index contributed by atoms with van der Waals surface area (Å²) in [4.78, 5) is 7.09. The van der Waals surface area contributed by atoms with Gasteiger partial charge in [0.2, 0.25) is 0 Å². The zero-order valence-electron chi connectivity index (χ0n) is 22.5. The second-order valence-corrected chi connectivity index (χ2v) is 11.4. The van der Waals surface area contributed by atoms with E-state index in [1.54, 1.807) is 6.20 Å². The van der Waals surface area contributed by atoms with Gasteiger partial charge >= 0.3 is 0 Å². The number of aromatic nitrogens is 1. The average Bonchev–Trinajstić information content (AvgIpc) is 2.85. The lowest BCUT2D eigenvalue weighted by Gasteiger charge is -2.44. The molecule has 192 valence electrons. The molecule has 3 nitrogen and oxygen atoms in total. The van der Waals surface area contributed by atoms with Gasteiger partial charge in [-0.3, -0.25) is 4.98 Å². The molecule has 2 heterocycles. The molecule has 1 aromatic carbocycles. The zero-order valence-corrected chi connectivity index (χ0v) is 22.5. The number of rotatable bonds is 9. The number of pyridine rings is 1. The molecule has 2 aliphatic rings. The molecule has 1 aliphatic carbocycles. The van der Waals surface area contributed by atoms with Gasteiger partial charge in [-0.1, -0.05) is 63.8 Å². The van der Waals surface area contributed by atoms with Gasteiger partial charge in [0, 0.05) is 23.3 Å². The van der Waals surface area contributed by atoms with Crippen molar-refractivity contribution in [3.05, 3.63) is 90.2 Å². The topological polar surface area (TPSA) is 28.2 Å². The number of nitrogens with one attached hydrogen (secondary N) is 1. The van der Waals surface area contributed by atoms with Gasteiger partial charge in [-0.25, -0.2) is 4.39 Å². The van der Waals surface area contributed by atoms with E-state index in [2.05, 4.69) is 74.4 Å². The molecule has 4 rings (SSSR count). The molecule has 4 heteroatoms. The van der Waals surface area contributed by atoms with Gasteiger partial charge in [-0.2, -0.15) is 0 Å². The van der Waals surface area contributed by atoms with E-state index >= 15 is 4.39 Å². The molecule has 0 saturated carbocycles. The molecule has 36 heavy (non-hydrogen) atoms. The van der Waals surface area contributed by atoms with E-state index < -0.39 is 0 Å². The van der Waals surface area contributed by atoms with E-state index in [1.807, 2.05) is 24.4 Å². The molecule has 1 aliphatic heterocycles. The molecule has 0 amide bonds. The highest BCUT2D eigenvalue weighted by Crippen LogP contribution is 2.42. The van der Waals surface area contributed by atoms with Crippen molar-refractivity contribution in [3.8, 4) is 0 Å². The zero-order chi connectivity index (χ0) is 25.9. The first-order valence-corrected chi connectivity index (χ1v) is 13.4. The van der Waals surface area contributed by atoms with Crippen molar-refractivity contribution in [1.82, 2.24) is 15.2 Å². The number of allylic oxidation sites excluding steroid dienone is 4. The lowest BCUT2D eigenvalue weighted by molar-refractivity contribution is 0.124. The van der Waals surface area contributed by atoms with E-state index in [1.165, 1.54) is 5.57 Å². The van der Waals surface area contributed by atoms with E-state index in [0.717, 1.165) is 67.4 Å². The highest BCUT2D eigenvalue weighted by atomic mass is 19.1. The first-order valence-electron chi connectivity index (χ1n) is 13.4. The lowest BCUT2D eigenvalue weighted by atomic mass is 9.70. The van der Waals surface area contributed by atoms with Crippen LogP contribution < -0.4 is 5.32 Å². The molecular formula is C32H42FN3. The predicted octanol–water partition coefficient (Wildman–Crippen LogP) is 7.77. The standard InChI is InChI=1S/C32H42FN3/c1-7-34-24(4)12-11-23(3)26-19-28-30(35-21-26)14-13-29(31(28)33)32(5)15-16-36(6)27(20-32)18-25-10-8-9-22(2)17-25/h7-8,10,13-14,17,19,21-23,27,34H,1,4,9,11-12,15-16,18,20H2,2-3,5-6H3. The van der Waals surface area contributed by atoms with E-state index in [9.17, 15) is 0 Å². The summed E-state index contributed by atoms with van der Waals surface area (Å²) in [6, 6.07) is 6.42. The summed E-state index contributed by atoms with van der Waals surface area (Å²) in [5.74, 6) is 0.766. The van der Waals surface area contributed by atoms with Gasteiger partial charge in [0.15, 0.2) is 0 Å². The van der Waals surface area contributed by atoms with Gasteiger partial charge in [-0.15, -0.1) is 0 Å². The predicted molar refractivity (Wildman–Crippen MR) is 150 cm³/mol. The van der Waals surface area contributed by atoms with Crippen LogP contribution in [0, 0.1) is 11.7 Å². The Bertz CT molecular complexity index is 1180. The highest BCUT2D eigenvalue weighted by molar-refractivity contribution is 5.81. The summed E-state index contributed by atoms with van der Waals surface area (Å²) in [6.07, 6.45) is 16.4. The van der Waals surface area contributed by atoms with Crippen LogP contribution in [0.4, 0.5) is 4.39 Å². The van der Waals surface area contributed by atoms with Gasteiger partial charge < -0.3 is 10.2 Å². The van der Waals surface area contributed by atoms with E-state index in [0.29, 0.717) is 17.3 Å². The number of likely N-dealkylation sites (tertiary alicyclic amines) is 1. The minimum absolute atomic E-state index is 0.0945. The Balaban J connectivity index is 1.57. The number of hydrogen-bond acceptors (Lipinski definition) is 3. The third-order valence-electron chi connectivity index (χ3n) is 8.36. The van der Waals surface area contributed by atoms with Crippen LogP contribution in [0.5, 0.6) is 0 Å². The number of piperidine rings is 1. The normalized spacial score (nSPS) is 25.4. The molecule has 0 spiro atoms. The number of halogens is 1. The minimum atomic E-state index is -0.199. The van der Waals surface area contributed by atoms with Crippen molar-refractivity contribution in [1.29, 1.82) is 0 Å². The van der Waals surface area contributed by atoms with Crippen LogP contribution in [-0.2, 0) is 5.41 Å². The SMILES string of the molecule is C=CNC(=C)CCC(C)c1cnc2ccc(C3(C)CCN(C)C(CC4=CC(C)CC=C4)C3)c(F)c2c1. The molecule has 0 radical (unpaired) electrons. The van der Waals surface area contributed by atoms with Crippen LogP contribution in [0.2, 0.25) is 0 Å². The van der Waals surface area contributed by atoms with Crippen molar-refractivity contribution >= 4 is 10.9 Å². The van der Waals surface area contributed by atoms with Crippen molar-refractivity contribution in [2.75, 3.05) is 13.6 Å². The summed E-state index contributed by atoms with van der Waals surface area (Å²) in [6.45, 7) is 15.4. The highest BCUT2D eigenvalue weighted by Gasteiger charge is 2.38. The van der Waals surface area contributed by atoms with Gasteiger partial charge in [0.25, 0.3) is 0 Å². The molecule has 1 aromatic heterocycles.